The molecule has 6 nitrogen and oxygen atoms in total. The summed E-state index contributed by atoms with van der Waals surface area (Å²) in [5.74, 6) is -0.248. The summed E-state index contributed by atoms with van der Waals surface area (Å²) < 4.78 is 4.68. The van der Waals surface area contributed by atoms with Gasteiger partial charge in [0, 0.05) is 6.54 Å². The van der Waals surface area contributed by atoms with Crippen molar-refractivity contribution in [2.24, 2.45) is 0 Å². The topological polar surface area (TPSA) is 101 Å². The number of nitrogens with one attached hydrogen (secondary N) is 1. The smallest absolute Gasteiger partial charge is 0.341 e. The Bertz CT molecular complexity index is 736. The zero-order valence-corrected chi connectivity index (χ0v) is 12.4. The van der Waals surface area contributed by atoms with E-state index in [0.29, 0.717) is 18.1 Å². The van der Waals surface area contributed by atoms with Gasteiger partial charge < -0.3 is 15.8 Å². The Morgan fingerprint density at radius 1 is 1.41 bits per heavy atom. The summed E-state index contributed by atoms with van der Waals surface area (Å²) in [4.78, 5) is 16.0. The van der Waals surface area contributed by atoms with Crippen LogP contribution in [0, 0.1) is 18.3 Å². The van der Waals surface area contributed by atoms with Crippen LogP contribution in [0.1, 0.15) is 27.2 Å². The number of nitrogens with zero attached hydrogens (tertiary/aromatic N) is 2. The third-order valence-electron chi connectivity index (χ3n) is 3.22. The second kappa shape index (κ2) is 6.59. The Morgan fingerprint density at radius 3 is 2.68 bits per heavy atom. The van der Waals surface area contributed by atoms with Gasteiger partial charge in [0.05, 0.1) is 18.5 Å². The van der Waals surface area contributed by atoms with Crippen molar-refractivity contribution in [1.29, 1.82) is 5.26 Å². The summed E-state index contributed by atoms with van der Waals surface area (Å²) in [6.45, 7) is 2.15. The van der Waals surface area contributed by atoms with Crippen LogP contribution >= 0.6 is 0 Å². The Balaban J connectivity index is 2.37. The number of carbonyl (C=O) groups excluding carboxylic acids is 1. The number of ether oxygens (including phenoxy) is 1. The second-order valence-electron chi connectivity index (χ2n) is 4.65. The fraction of sp³-hybridized carbons (Fsp3) is 0.188. The van der Waals surface area contributed by atoms with Gasteiger partial charge in [0.15, 0.2) is 0 Å². The predicted octanol–water partition coefficient (Wildman–Crippen LogP) is 2.24. The van der Waals surface area contributed by atoms with Crippen LogP contribution in [0.15, 0.2) is 30.3 Å². The van der Waals surface area contributed by atoms with E-state index in [0.717, 1.165) is 5.56 Å². The Morgan fingerprint density at radius 2 is 2.09 bits per heavy atom. The number of pyridine rings is 1. The van der Waals surface area contributed by atoms with Crippen molar-refractivity contribution >= 4 is 17.5 Å². The van der Waals surface area contributed by atoms with Gasteiger partial charge in [0.1, 0.15) is 23.0 Å². The molecule has 1 aromatic heterocycles. The third kappa shape index (κ3) is 2.99. The summed E-state index contributed by atoms with van der Waals surface area (Å²) in [6.07, 6.45) is 0. The highest BCUT2D eigenvalue weighted by molar-refractivity contribution is 5.98. The lowest BCUT2D eigenvalue weighted by Crippen LogP contribution is -2.14. The Kier molecular flexibility index (Phi) is 4.59. The van der Waals surface area contributed by atoms with Gasteiger partial charge in [-0.1, -0.05) is 30.3 Å². The number of aromatic nitrogens is 1. The zero-order chi connectivity index (χ0) is 16.1. The number of carbonyl (C=O) groups is 1. The molecule has 0 radical (unpaired) electrons. The van der Waals surface area contributed by atoms with E-state index in [2.05, 4.69) is 15.0 Å². The normalized spacial score (nSPS) is 9.86. The number of methoxy groups -OCH3 is 1. The highest BCUT2D eigenvalue weighted by Crippen LogP contribution is 2.26. The van der Waals surface area contributed by atoms with Gasteiger partial charge in [-0.15, -0.1) is 0 Å². The van der Waals surface area contributed by atoms with Gasteiger partial charge in [-0.05, 0) is 12.5 Å². The fourth-order valence-corrected chi connectivity index (χ4v) is 2.11. The van der Waals surface area contributed by atoms with Crippen LogP contribution in [0.3, 0.4) is 0 Å². The van der Waals surface area contributed by atoms with E-state index < -0.39 is 5.97 Å². The average Bonchev–Trinajstić information content (AvgIpc) is 2.53. The van der Waals surface area contributed by atoms with Gasteiger partial charge in [-0.3, -0.25) is 0 Å². The van der Waals surface area contributed by atoms with Gasteiger partial charge in [0.25, 0.3) is 0 Å². The number of esters is 1. The number of hydrogen-bond donors (Lipinski definition) is 2. The molecular weight excluding hydrogens is 280 g/mol. The molecule has 0 aliphatic rings. The first kappa shape index (κ1) is 15.3. The van der Waals surface area contributed by atoms with Crippen LogP contribution in [0.4, 0.5) is 11.5 Å². The maximum Gasteiger partial charge on any atom is 0.341 e. The van der Waals surface area contributed by atoms with Gasteiger partial charge >= 0.3 is 5.97 Å². The molecule has 0 fully saturated rings. The molecule has 0 saturated carbocycles. The van der Waals surface area contributed by atoms with Crippen molar-refractivity contribution in [1.82, 2.24) is 4.98 Å². The Hall–Kier alpha value is -3.07. The molecule has 0 bridgehead atoms. The highest BCUT2D eigenvalue weighted by atomic mass is 16.5. The third-order valence-corrected chi connectivity index (χ3v) is 3.22. The van der Waals surface area contributed by atoms with Crippen LogP contribution in [0.5, 0.6) is 0 Å². The number of nitrogen functional groups attached to an aromatic ring is 1. The van der Waals surface area contributed by atoms with Crippen molar-refractivity contribution in [2.75, 3.05) is 18.2 Å². The molecule has 0 unspecified atom stereocenters. The molecule has 1 aromatic carbocycles. The minimum atomic E-state index is -0.603. The number of nitriles is 1. The standard InChI is InChI=1S/C16H16N4O2/c1-10-13(16(21)22-2)14(18)12(8-17)15(20-10)19-9-11-6-4-3-5-7-11/h3-7H,9H2,1-2H3,(H3,18,19,20). The van der Waals surface area contributed by atoms with Crippen molar-refractivity contribution in [3.63, 3.8) is 0 Å². The van der Waals surface area contributed by atoms with Gasteiger partial charge in [0.2, 0.25) is 0 Å². The lowest BCUT2D eigenvalue weighted by molar-refractivity contribution is 0.0600. The number of nitrogens with two attached hydrogens (primary N) is 1. The monoisotopic (exact) mass is 296 g/mol. The first-order chi connectivity index (χ1) is 10.6. The molecule has 6 heteroatoms. The van der Waals surface area contributed by atoms with E-state index in [-0.39, 0.29) is 16.8 Å². The number of rotatable bonds is 4. The second-order valence-corrected chi connectivity index (χ2v) is 4.65. The van der Waals surface area contributed by atoms with Gasteiger partial charge in [-0.2, -0.15) is 5.26 Å². The van der Waals surface area contributed by atoms with Crippen molar-refractivity contribution in [3.8, 4) is 6.07 Å². The lowest BCUT2D eigenvalue weighted by Gasteiger charge is -2.14. The van der Waals surface area contributed by atoms with E-state index >= 15 is 0 Å². The molecular formula is C16H16N4O2. The number of anilines is 2. The van der Waals surface area contributed by atoms with Crippen molar-refractivity contribution in [2.45, 2.75) is 13.5 Å². The number of hydrogen-bond acceptors (Lipinski definition) is 6. The molecule has 0 aliphatic carbocycles. The van der Waals surface area contributed by atoms with Crippen LogP contribution in [0.25, 0.3) is 0 Å². The number of aryl methyl sites for hydroxylation is 1. The van der Waals surface area contributed by atoms with Crippen LogP contribution in [-0.2, 0) is 11.3 Å². The van der Waals surface area contributed by atoms with E-state index in [9.17, 15) is 10.1 Å². The summed E-state index contributed by atoms with van der Waals surface area (Å²) in [5.41, 5.74) is 7.75. The SMILES string of the molecule is COC(=O)c1c(C)nc(NCc2ccccc2)c(C#N)c1N. The predicted molar refractivity (Wildman–Crippen MR) is 83.2 cm³/mol. The Labute approximate surface area is 128 Å². The molecule has 2 rings (SSSR count). The van der Waals surface area contributed by atoms with Crippen molar-refractivity contribution in [3.05, 3.63) is 52.7 Å². The molecule has 1 heterocycles. The largest absolute Gasteiger partial charge is 0.465 e. The fourth-order valence-electron chi connectivity index (χ4n) is 2.11. The minimum absolute atomic E-state index is 0.0809. The maximum atomic E-state index is 11.7. The van der Waals surface area contributed by atoms with Crippen LogP contribution < -0.4 is 11.1 Å². The van der Waals surface area contributed by atoms with E-state index in [1.807, 2.05) is 36.4 Å². The summed E-state index contributed by atoms with van der Waals surface area (Å²) in [7, 11) is 1.26. The number of benzene rings is 1. The summed E-state index contributed by atoms with van der Waals surface area (Å²) >= 11 is 0. The molecule has 3 N–H and O–H groups in total. The molecule has 0 spiro atoms. The zero-order valence-electron chi connectivity index (χ0n) is 12.4. The van der Waals surface area contributed by atoms with Crippen molar-refractivity contribution < 1.29 is 9.53 Å². The molecule has 0 amide bonds. The quantitative estimate of drug-likeness (QED) is 0.839. The molecule has 0 saturated heterocycles. The molecule has 22 heavy (non-hydrogen) atoms. The van der Waals surface area contributed by atoms with E-state index in [1.165, 1.54) is 7.11 Å². The van der Waals surface area contributed by atoms with Gasteiger partial charge in [-0.25, -0.2) is 9.78 Å². The molecule has 2 aromatic rings. The average molecular weight is 296 g/mol. The molecule has 0 aliphatic heterocycles. The summed E-state index contributed by atoms with van der Waals surface area (Å²) in [5, 5.41) is 12.4. The highest BCUT2D eigenvalue weighted by Gasteiger charge is 2.21. The van der Waals surface area contributed by atoms with E-state index in [4.69, 9.17) is 5.73 Å². The van der Waals surface area contributed by atoms with Crippen LogP contribution in [0.2, 0.25) is 0 Å². The molecule has 0 atom stereocenters. The first-order valence-electron chi connectivity index (χ1n) is 6.64. The van der Waals surface area contributed by atoms with E-state index in [1.54, 1.807) is 6.92 Å². The lowest BCUT2D eigenvalue weighted by atomic mass is 10.1. The summed E-state index contributed by atoms with van der Waals surface area (Å²) in [6, 6.07) is 11.7. The van der Waals surface area contributed by atoms with Crippen LogP contribution in [-0.4, -0.2) is 18.1 Å². The minimum Gasteiger partial charge on any atom is -0.465 e. The first-order valence-corrected chi connectivity index (χ1v) is 6.64. The molecule has 112 valence electrons. The maximum absolute atomic E-state index is 11.7.